The molecule has 0 aliphatic heterocycles. The van der Waals surface area contributed by atoms with E-state index >= 15 is 0 Å². The Labute approximate surface area is 163 Å². The fourth-order valence-electron chi connectivity index (χ4n) is 2.01. The molecule has 130 valence electrons. The van der Waals surface area contributed by atoms with Gasteiger partial charge in [0.05, 0.1) is 11.1 Å². The molecule has 0 radical (unpaired) electrons. The SMILES string of the molecule is CCS(CC)(CC)CC.O.O=C(O)c1cccc(C(=O)O)c1.[H-].[Na+]. The summed E-state index contributed by atoms with van der Waals surface area (Å²) >= 11 is 0. The minimum absolute atomic E-state index is 0. The Morgan fingerprint density at radius 3 is 1.39 bits per heavy atom. The first kappa shape index (κ1) is 27.3. The van der Waals surface area contributed by atoms with Crippen molar-refractivity contribution in [1.29, 1.82) is 0 Å². The second-order valence-electron chi connectivity index (χ2n) is 4.57. The minimum Gasteiger partial charge on any atom is -1.00 e. The van der Waals surface area contributed by atoms with Gasteiger partial charge in [-0.05, 0) is 41.2 Å². The number of carboxylic acids is 2. The van der Waals surface area contributed by atoms with Gasteiger partial charge in [0.15, 0.2) is 0 Å². The second kappa shape index (κ2) is 13.9. The third-order valence-corrected chi connectivity index (χ3v) is 8.70. The van der Waals surface area contributed by atoms with Crippen molar-refractivity contribution in [2.75, 3.05) is 23.0 Å². The molecule has 0 aliphatic carbocycles. The largest absolute Gasteiger partial charge is 1.00 e. The van der Waals surface area contributed by atoms with Crippen LogP contribution < -0.4 is 29.6 Å². The molecule has 0 amide bonds. The van der Waals surface area contributed by atoms with Crippen molar-refractivity contribution in [3.05, 3.63) is 35.4 Å². The van der Waals surface area contributed by atoms with E-state index < -0.39 is 11.9 Å². The van der Waals surface area contributed by atoms with Crippen molar-refractivity contribution in [2.45, 2.75) is 27.7 Å². The van der Waals surface area contributed by atoms with Crippen LogP contribution in [0.4, 0.5) is 0 Å². The van der Waals surface area contributed by atoms with E-state index in [9.17, 15) is 9.59 Å². The summed E-state index contributed by atoms with van der Waals surface area (Å²) in [5.74, 6) is 3.45. The van der Waals surface area contributed by atoms with Crippen molar-refractivity contribution >= 4 is 22.0 Å². The van der Waals surface area contributed by atoms with Gasteiger partial charge in [-0.2, -0.15) is 0 Å². The molecule has 0 atom stereocenters. The molecular weight excluding hydrogens is 327 g/mol. The van der Waals surface area contributed by atoms with Crippen molar-refractivity contribution < 1.29 is 56.3 Å². The molecular formula is C16H29NaO5S. The van der Waals surface area contributed by atoms with E-state index in [1.807, 2.05) is 0 Å². The molecule has 0 aromatic heterocycles. The molecule has 0 aliphatic rings. The van der Waals surface area contributed by atoms with Gasteiger partial charge in [-0.15, -0.1) is 0 Å². The molecule has 0 spiro atoms. The Kier molecular flexibility index (Phi) is 16.5. The van der Waals surface area contributed by atoms with Gasteiger partial charge in [0.1, 0.15) is 0 Å². The molecule has 4 N–H and O–H groups in total. The third kappa shape index (κ3) is 9.37. The molecule has 5 nitrogen and oxygen atoms in total. The number of hydrogen-bond donors (Lipinski definition) is 2. The van der Waals surface area contributed by atoms with Crippen LogP contribution in [0.3, 0.4) is 0 Å². The van der Waals surface area contributed by atoms with E-state index in [-0.39, 0.29) is 57.6 Å². The Hall–Kier alpha value is -0.530. The summed E-state index contributed by atoms with van der Waals surface area (Å²) in [6.07, 6.45) is 0. The normalized spacial score (nSPS) is 10.3. The first-order valence-electron chi connectivity index (χ1n) is 7.16. The van der Waals surface area contributed by atoms with Crippen LogP contribution in [0.25, 0.3) is 0 Å². The zero-order valence-electron chi connectivity index (χ0n) is 15.8. The summed E-state index contributed by atoms with van der Waals surface area (Å²) in [7, 11) is -0.148. The summed E-state index contributed by atoms with van der Waals surface area (Å²) in [6, 6.07) is 5.20. The Morgan fingerprint density at radius 1 is 0.913 bits per heavy atom. The summed E-state index contributed by atoms with van der Waals surface area (Å²) < 4.78 is 0. The number of aromatic carboxylic acids is 2. The number of benzene rings is 1. The fourth-order valence-corrected chi connectivity index (χ4v) is 4.46. The molecule has 0 saturated heterocycles. The molecule has 0 heterocycles. The number of hydrogen-bond acceptors (Lipinski definition) is 2. The molecule has 1 aromatic carbocycles. The number of carbonyl (C=O) groups is 2. The Bertz CT molecular complexity index is 435. The fraction of sp³-hybridized carbons (Fsp3) is 0.500. The van der Waals surface area contributed by atoms with Crippen LogP contribution in [-0.2, 0) is 0 Å². The van der Waals surface area contributed by atoms with Crippen LogP contribution in [0.15, 0.2) is 24.3 Å². The predicted octanol–water partition coefficient (Wildman–Crippen LogP) is 0.245. The maximum Gasteiger partial charge on any atom is 1.00 e. The summed E-state index contributed by atoms with van der Waals surface area (Å²) in [5, 5.41) is 17.0. The van der Waals surface area contributed by atoms with E-state index in [2.05, 4.69) is 27.7 Å². The molecule has 7 heteroatoms. The van der Waals surface area contributed by atoms with Gasteiger partial charge >= 0.3 is 41.5 Å². The summed E-state index contributed by atoms with van der Waals surface area (Å²) in [4.78, 5) is 20.8. The van der Waals surface area contributed by atoms with Crippen molar-refractivity contribution in [2.24, 2.45) is 0 Å². The molecule has 23 heavy (non-hydrogen) atoms. The van der Waals surface area contributed by atoms with Gasteiger partial charge in [-0.3, -0.25) is 0 Å². The average molecular weight is 356 g/mol. The molecule has 1 rings (SSSR count). The van der Waals surface area contributed by atoms with Crippen molar-refractivity contribution in [3.63, 3.8) is 0 Å². The first-order valence-corrected chi connectivity index (χ1v) is 9.47. The summed E-state index contributed by atoms with van der Waals surface area (Å²) in [6.45, 7) is 9.36. The van der Waals surface area contributed by atoms with Crippen LogP contribution in [-0.4, -0.2) is 50.6 Å². The Balaban J connectivity index is -0.000000153. The zero-order valence-corrected chi connectivity index (χ0v) is 17.6. The van der Waals surface area contributed by atoms with Crippen molar-refractivity contribution in [3.8, 4) is 0 Å². The van der Waals surface area contributed by atoms with Crippen LogP contribution in [0.5, 0.6) is 0 Å². The van der Waals surface area contributed by atoms with Gasteiger partial charge in [0.2, 0.25) is 0 Å². The maximum absolute atomic E-state index is 10.4. The number of rotatable bonds is 6. The van der Waals surface area contributed by atoms with Crippen LogP contribution in [0.2, 0.25) is 0 Å². The minimum atomic E-state index is -1.13. The predicted molar refractivity (Wildman–Crippen MR) is 94.8 cm³/mol. The molecule has 0 unspecified atom stereocenters. The van der Waals surface area contributed by atoms with Gasteiger partial charge in [-0.1, -0.05) is 33.8 Å². The van der Waals surface area contributed by atoms with Gasteiger partial charge in [0.25, 0.3) is 0 Å². The van der Waals surface area contributed by atoms with E-state index in [4.69, 9.17) is 10.2 Å². The Morgan fingerprint density at radius 2 is 1.22 bits per heavy atom. The van der Waals surface area contributed by atoms with E-state index in [1.165, 1.54) is 41.2 Å². The molecule has 0 saturated carbocycles. The average Bonchev–Trinajstić information content (AvgIpc) is 2.51. The van der Waals surface area contributed by atoms with E-state index in [0.29, 0.717) is 0 Å². The first-order chi connectivity index (χ1) is 9.85. The van der Waals surface area contributed by atoms with E-state index in [1.54, 1.807) is 0 Å². The zero-order chi connectivity index (χ0) is 16.5. The summed E-state index contributed by atoms with van der Waals surface area (Å²) in [5.41, 5.74) is -0.0372. The number of carboxylic acid groups (broad SMARTS) is 2. The van der Waals surface area contributed by atoms with Gasteiger partial charge in [0, 0.05) is 0 Å². The van der Waals surface area contributed by atoms with Gasteiger partial charge in [-0.25, -0.2) is 19.6 Å². The quantitative estimate of drug-likeness (QED) is 0.712. The van der Waals surface area contributed by atoms with Crippen LogP contribution in [0.1, 0.15) is 49.8 Å². The van der Waals surface area contributed by atoms with Crippen molar-refractivity contribution in [1.82, 2.24) is 0 Å². The molecule has 0 fully saturated rings. The molecule has 1 aromatic rings. The standard InChI is InChI=1S/C8H6O4.C8H20S.Na.H2O.H/c9-7(10)5-2-1-3-6(4-5)8(11)12;1-5-9(6-2,7-3)8-4;;;/h1-4H,(H,9,10)(H,11,12);5-8H2,1-4H3;;1H2;/q;;+1;;-1. The van der Waals surface area contributed by atoms with Crippen LogP contribution >= 0.6 is 10.0 Å². The topological polar surface area (TPSA) is 106 Å². The monoisotopic (exact) mass is 356 g/mol. The van der Waals surface area contributed by atoms with Gasteiger partial charge < -0.3 is 17.1 Å². The van der Waals surface area contributed by atoms with Crippen LogP contribution in [0, 0.1) is 0 Å². The second-order valence-corrected chi connectivity index (χ2v) is 9.33. The third-order valence-electron chi connectivity index (χ3n) is 3.81. The smallest absolute Gasteiger partial charge is 1.00 e. The molecule has 0 bridgehead atoms. The van der Waals surface area contributed by atoms with E-state index in [0.717, 1.165) is 6.07 Å². The maximum atomic E-state index is 10.4.